The van der Waals surface area contributed by atoms with E-state index in [0.29, 0.717) is 35.4 Å². The van der Waals surface area contributed by atoms with Crippen molar-refractivity contribution in [3.05, 3.63) is 85.2 Å². The first-order valence-corrected chi connectivity index (χ1v) is 18.9. The van der Waals surface area contributed by atoms with Gasteiger partial charge < -0.3 is 28.8 Å². The smallest absolute Gasteiger partial charge is 0.336 e. The summed E-state index contributed by atoms with van der Waals surface area (Å²) in [6.07, 6.45) is 3.46. The maximum absolute atomic E-state index is 11.7. The predicted octanol–water partition coefficient (Wildman–Crippen LogP) is 7.71. The number of hydrogen-bond donors (Lipinski definition) is 3. The number of carbonyl (C=O) groups excluding carboxylic acids is 1. The third kappa shape index (κ3) is 12.1. The normalized spacial score (nSPS) is 11.4. The summed E-state index contributed by atoms with van der Waals surface area (Å²) < 4.78 is 26.9. The number of aromatic amines is 2. The Morgan fingerprint density at radius 1 is 0.593 bits per heavy atom. The summed E-state index contributed by atoms with van der Waals surface area (Å²) in [5.41, 5.74) is 3.93. The largest absolute Gasteiger partial charge is 0.481 e. The summed E-state index contributed by atoms with van der Waals surface area (Å²) in [5, 5.41) is 23.0. The topological polar surface area (TPSA) is 209 Å². The second-order valence-electron chi connectivity index (χ2n) is 15.3. The van der Waals surface area contributed by atoms with E-state index >= 15 is 0 Å². The molecule has 0 saturated heterocycles. The van der Waals surface area contributed by atoms with Crippen LogP contribution in [0, 0.1) is 10.8 Å². The molecule has 310 valence electrons. The van der Waals surface area contributed by atoms with Crippen LogP contribution in [0.25, 0.3) is 45.0 Å². The van der Waals surface area contributed by atoms with Gasteiger partial charge in [0.25, 0.3) is 0 Å². The van der Waals surface area contributed by atoms with E-state index in [1.165, 1.54) is 7.11 Å². The quantitative estimate of drug-likeness (QED) is 0.0801. The summed E-state index contributed by atoms with van der Waals surface area (Å²) in [6, 6.07) is 23.7. The van der Waals surface area contributed by atoms with Crippen molar-refractivity contribution in [2.24, 2.45) is 10.8 Å². The molecule has 0 spiro atoms. The van der Waals surface area contributed by atoms with Gasteiger partial charge in [0.1, 0.15) is 13.2 Å². The van der Waals surface area contributed by atoms with Gasteiger partial charge in [0.15, 0.2) is 11.6 Å². The minimum absolute atomic E-state index is 0.00989. The number of nitrogens with zero attached hydrogens (tertiary/aromatic N) is 6. The Labute approximate surface area is 342 Å². The van der Waals surface area contributed by atoms with Gasteiger partial charge in [-0.25, -0.2) is 9.97 Å². The van der Waals surface area contributed by atoms with E-state index in [1.807, 2.05) is 88.4 Å². The number of carboxylic acids is 1. The standard InChI is InChI=1S/C22H26N4O4.C21H24N4O4/c1-14(2)30-21-24-19(25-26-21)16-8-6-15(7-9-16)17-10-11-18(23-12-17)29-13-22(3,4)20(27)28-5;1-13(2)29-20-23-18(24-25-20)15-7-5-14(6-8-15)16-9-10-17(22-11-16)28-12-21(3,4)19(26)27/h6-12,14H,13H2,1-5H3,(H,24,25,26);5-11,13H,12H2,1-4H3,(H,26,27)(H,23,24,25). The Balaban J connectivity index is 0.000000224. The molecule has 2 aromatic carbocycles. The van der Waals surface area contributed by atoms with Crippen molar-refractivity contribution in [2.45, 2.75) is 67.6 Å². The number of carboxylic acid groups (broad SMARTS) is 1. The average Bonchev–Trinajstić information content (AvgIpc) is 3.89. The maximum atomic E-state index is 11.7. The molecule has 6 rings (SSSR count). The molecule has 0 bridgehead atoms. The van der Waals surface area contributed by atoms with Crippen LogP contribution in [0.2, 0.25) is 0 Å². The van der Waals surface area contributed by atoms with Crippen molar-refractivity contribution in [3.63, 3.8) is 0 Å². The van der Waals surface area contributed by atoms with E-state index in [2.05, 4.69) is 40.3 Å². The van der Waals surface area contributed by atoms with Gasteiger partial charge in [0.2, 0.25) is 11.8 Å². The predicted molar refractivity (Wildman–Crippen MR) is 220 cm³/mol. The average molecular weight is 807 g/mol. The van der Waals surface area contributed by atoms with Crippen molar-refractivity contribution >= 4 is 11.9 Å². The van der Waals surface area contributed by atoms with E-state index in [-0.39, 0.29) is 31.4 Å². The number of benzene rings is 2. The molecule has 0 aliphatic carbocycles. The lowest BCUT2D eigenvalue weighted by atomic mass is 9.95. The van der Waals surface area contributed by atoms with Gasteiger partial charge in [-0.1, -0.05) is 48.5 Å². The molecular formula is C43H50N8O8. The van der Waals surface area contributed by atoms with Crippen molar-refractivity contribution in [1.82, 2.24) is 40.3 Å². The summed E-state index contributed by atoms with van der Waals surface area (Å²) in [7, 11) is 1.36. The molecule has 16 nitrogen and oxygen atoms in total. The van der Waals surface area contributed by atoms with Crippen LogP contribution in [0.1, 0.15) is 55.4 Å². The Bertz CT molecular complexity index is 2270. The minimum Gasteiger partial charge on any atom is -0.481 e. The Morgan fingerprint density at radius 3 is 1.31 bits per heavy atom. The fraction of sp³-hybridized carbons (Fsp3) is 0.349. The molecule has 0 fully saturated rings. The molecule has 3 N–H and O–H groups in total. The number of aromatic nitrogens is 8. The molecule has 0 radical (unpaired) electrons. The molecule has 0 saturated carbocycles. The second-order valence-corrected chi connectivity index (χ2v) is 15.3. The van der Waals surface area contributed by atoms with Crippen LogP contribution in [-0.2, 0) is 14.3 Å². The fourth-order valence-corrected chi connectivity index (χ4v) is 5.10. The molecule has 0 atom stereocenters. The van der Waals surface area contributed by atoms with Crippen LogP contribution in [0.5, 0.6) is 23.8 Å². The molecule has 16 heteroatoms. The van der Waals surface area contributed by atoms with Crippen LogP contribution in [0.3, 0.4) is 0 Å². The molecule has 6 aromatic rings. The van der Waals surface area contributed by atoms with E-state index in [0.717, 1.165) is 33.4 Å². The highest BCUT2D eigenvalue weighted by Crippen LogP contribution is 2.27. The third-order valence-corrected chi connectivity index (χ3v) is 8.55. The second kappa shape index (κ2) is 19.1. The summed E-state index contributed by atoms with van der Waals surface area (Å²) in [4.78, 5) is 40.1. The zero-order valence-corrected chi connectivity index (χ0v) is 34.6. The molecule has 0 amide bonds. The summed E-state index contributed by atoms with van der Waals surface area (Å²) in [5.74, 6) is 0.880. The van der Waals surface area contributed by atoms with E-state index in [1.54, 1.807) is 52.2 Å². The SMILES string of the molecule is CC(C)Oc1n[nH]c(-c2ccc(-c3ccc(OCC(C)(C)C(=O)O)nc3)cc2)n1.COC(=O)C(C)(C)COc1ccc(-c2ccc(-c3nc(OC(C)C)n[nH]3)cc2)cn1. The van der Waals surface area contributed by atoms with Crippen molar-refractivity contribution in [2.75, 3.05) is 20.3 Å². The van der Waals surface area contributed by atoms with Gasteiger partial charge >= 0.3 is 24.0 Å². The van der Waals surface area contributed by atoms with Crippen LogP contribution in [0.15, 0.2) is 85.2 Å². The van der Waals surface area contributed by atoms with Crippen LogP contribution in [-0.4, -0.2) is 89.9 Å². The molecular weight excluding hydrogens is 757 g/mol. The first-order valence-electron chi connectivity index (χ1n) is 18.9. The number of aliphatic carboxylic acids is 1. The first-order chi connectivity index (χ1) is 28.0. The monoisotopic (exact) mass is 806 g/mol. The lowest BCUT2D eigenvalue weighted by molar-refractivity contribution is -0.152. The number of ether oxygens (including phenoxy) is 5. The molecule has 0 unspecified atom stereocenters. The zero-order chi connectivity index (χ0) is 42.7. The molecule has 4 aromatic heterocycles. The maximum Gasteiger partial charge on any atom is 0.336 e. The number of pyridine rings is 2. The van der Waals surface area contributed by atoms with Gasteiger partial charge in [-0.3, -0.25) is 19.8 Å². The number of esters is 1. The number of carbonyl (C=O) groups is 2. The van der Waals surface area contributed by atoms with Crippen molar-refractivity contribution in [1.29, 1.82) is 0 Å². The number of H-pyrrole nitrogens is 2. The zero-order valence-electron chi connectivity index (χ0n) is 34.6. The highest BCUT2D eigenvalue weighted by molar-refractivity contribution is 5.76. The summed E-state index contributed by atoms with van der Waals surface area (Å²) >= 11 is 0. The first kappa shape index (κ1) is 43.3. The van der Waals surface area contributed by atoms with Crippen molar-refractivity contribution < 1.29 is 38.4 Å². The number of hydrogen-bond acceptors (Lipinski definition) is 13. The number of methoxy groups -OCH3 is 1. The van der Waals surface area contributed by atoms with Gasteiger partial charge in [0.05, 0.1) is 30.1 Å². The van der Waals surface area contributed by atoms with Gasteiger partial charge in [-0.05, 0) is 78.6 Å². The third-order valence-electron chi connectivity index (χ3n) is 8.55. The lowest BCUT2D eigenvalue weighted by Crippen LogP contribution is -2.32. The Hall–Kier alpha value is -6.84. The van der Waals surface area contributed by atoms with Gasteiger partial charge in [-0.2, -0.15) is 9.97 Å². The minimum atomic E-state index is -0.975. The number of nitrogens with one attached hydrogen (secondary N) is 2. The molecule has 0 aliphatic heterocycles. The van der Waals surface area contributed by atoms with E-state index < -0.39 is 16.8 Å². The van der Waals surface area contributed by atoms with Crippen LogP contribution < -0.4 is 18.9 Å². The highest BCUT2D eigenvalue weighted by atomic mass is 16.5. The lowest BCUT2D eigenvalue weighted by Gasteiger charge is -2.21. The number of rotatable bonds is 16. The van der Waals surface area contributed by atoms with Crippen LogP contribution in [0.4, 0.5) is 0 Å². The van der Waals surface area contributed by atoms with Crippen molar-refractivity contribution in [3.8, 4) is 68.8 Å². The van der Waals surface area contributed by atoms with Gasteiger partial charge in [-0.15, -0.1) is 10.2 Å². The Morgan fingerprint density at radius 2 is 0.966 bits per heavy atom. The van der Waals surface area contributed by atoms with Gasteiger partial charge in [0, 0.05) is 46.8 Å². The molecule has 59 heavy (non-hydrogen) atoms. The fourth-order valence-electron chi connectivity index (χ4n) is 5.10. The summed E-state index contributed by atoms with van der Waals surface area (Å²) in [6.45, 7) is 14.7. The van der Waals surface area contributed by atoms with E-state index in [9.17, 15) is 9.59 Å². The molecule has 0 aliphatic rings. The van der Waals surface area contributed by atoms with Crippen LogP contribution >= 0.6 is 0 Å². The molecule has 4 heterocycles. The van der Waals surface area contributed by atoms with E-state index in [4.69, 9.17) is 28.8 Å². The highest BCUT2D eigenvalue weighted by Gasteiger charge is 2.30. The Kier molecular flexibility index (Phi) is 14.0.